The van der Waals surface area contributed by atoms with E-state index in [1.165, 1.54) is 0 Å². The van der Waals surface area contributed by atoms with Crippen LogP contribution < -0.4 is 19.9 Å². The van der Waals surface area contributed by atoms with E-state index < -0.39 is 6.09 Å². The van der Waals surface area contributed by atoms with Gasteiger partial charge in [0.15, 0.2) is 5.82 Å². The summed E-state index contributed by atoms with van der Waals surface area (Å²) in [5, 5.41) is 2.74. The van der Waals surface area contributed by atoms with Gasteiger partial charge < -0.3 is 24.0 Å². The van der Waals surface area contributed by atoms with Crippen molar-refractivity contribution in [2.75, 3.05) is 67.7 Å². The number of nitrogens with one attached hydrogen (secondary N) is 1. The number of hydrogen-bond donors (Lipinski definition) is 1. The SMILES string of the molecule is O=C(Nc1ccc(-c2nc(N3CCOCC3)nc(N3CCOCC3)n2)cc1)Oc1ccccc1. The number of carbonyl (C=O) groups excluding carboxylic acids is 1. The van der Waals surface area contributed by atoms with Gasteiger partial charge in [0.05, 0.1) is 26.4 Å². The Hall–Kier alpha value is -3.76. The van der Waals surface area contributed by atoms with Crippen LogP contribution in [-0.4, -0.2) is 73.7 Å². The molecule has 5 rings (SSSR count). The summed E-state index contributed by atoms with van der Waals surface area (Å²) in [5.41, 5.74) is 1.44. The molecule has 0 spiro atoms. The molecule has 3 aromatic rings. The number of hydrogen-bond acceptors (Lipinski definition) is 9. The van der Waals surface area contributed by atoms with Gasteiger partial charge in [0.1, 0.15) is 5.75 Å². The molecule has 0 bridgehead atoms. The summed E-state index contributed by atoms with van der Waals surface area (Å²) in [5.74, 6) is 2.34. The summed E-state index contributed by atoms with van der Waals surface area (Å²) in [6, 6.07) is 16.3. The Labute approximate surface area is 197 Å². The summed E-state index contributed by atoms with van der Waals surface area (Å²) in [7, 11) is 0. The maximum atomic E-state index is 12.2. The molecule has 1 amide bonds. The molecule has 2 saturated heterocycles. The number of morpholine rings is 2. The van der Waals surface area contributed by atoms with Crippen molar-refractivity contribution < 1.29 is 19.0 Å². The third kappa shape index (κ3) is 5.41. The van der Waals surface area contributed by atoms with E-state index in [-0.39, 0.29) is 0 Å². The molecule has 34 heavy (non-hydrogen) atoms. The summed E-state index contributed by atoms with van der Waals surface area (Å²) in [4.78, 5) is 30.7. The molecule has 0 unspecified atom stereocenters. The first-order valence-electron chi connectivity index (χ1n) is 11.3. The van der Waals surface area contributed by atoms with E-state index >= 15 is 0 Å². The number of ether oxygens (including phenoxy) is 3. The largest absolute Gasteiger partial charge is 0.417 e. The topological polar surface area (TPSA) is 102 Å². The van der Waals surface area contributed by atoms with E-state index in [4.69, 9.17) is 29.2 Å². The molecule has 3 heterocycles. The molecule has 10 nitrogen and oxygen atoms in total. The van der Waals surface area contributed by atoms with Crippen LogP contribution in [-0.2, 0) is 9.47 Å². The van der Waals surface area contributed by atoms with Gasteiger partial charge in [0.2, 0.25) is 11.9 Å². The van der Waals surface area contributed by atoms with Crippen molar-refractivity contribution in [3.8, 4) is 17.1 Å². The Morgan fingerprint density at radius 3 is 1.88 bits per heavy atom. The minimum atomic E-state index is -0.552. The minimum Gasteiger partial charge on any atom is -0.410 e. The van der Waals surface area contributed by atoms with Crippen molar-refractivity contribution in [2.24, 2.45) is 0 Å². The van der Waals surface area contributed by atoms with Gasteiger partial charge in [-0.3, -0.25) is 5.32 Å². The van der Waals surface area contributed by atoms with E-state index in [1.54, 1.807) is 24.3 Å². The quantitative estimate of drug-likeness (QED) is 0.613. The first-order chi connectivity index (χ1) is 16.7. The van der Waals surface area contributed by atoms with E-state index in [2.05, 4.69) is 15.1 Å². The van der Waals surface area contributed by atoms with Gasteiger partial charge in [-0.1, -0.05) is 18.2 Å². The van der Waals surface area contributed by atoms with Gasteiger partial charge in [-0.25, -0.2) is 4.79 Å². The van der Waals surface area contributed by atoms with Crippen molar-refractivity contribution in [1.29, 1.82) is 0 Å². The molecule has 0 atom stereocenters. The second-order valence-corrected chi connectivity index (χ2v) is 7.86. The normalized spacial score (nSPS) is 16.2. The molecular formula is C24H26N6O4. The maximum Gasteiger partial charge on any atom is 0.417 e. The van der Waals surface area contributed by atoms with Crippen molar-refractivity contribution in [1.82, 2.24) is 15.0 Å². The molecule has 0 aliphatic carbocycles. The van der Waals surface area contributed by atoms with Crippen LogP contribution in [0.3, 0.4) is 0 Å². The van der Waals surface area contributed by atoms with Gasteiger partial charge in [0.25, 0.3) is 0 Å². The number of aromatic nitrogens is 3. The fourth-order valence-electron chi connectivity index (χ4n) is 3.73. The number of para-hydroxylation sites is 1. The first kappa shape index (κ1) is 22.1. The Kier molecular flexibility index (Phi) is 6.78. The van der Waals surface area contributed by atoms with Crippen LogP contribution in [0.5, 0.6) is 5.75 Å². The molecule has 1 N–H and O–H groups in total. The number of nitrogens with zero attached hydrogens (tertiary/aromatic N) is 5. The molecule has 2 aromatic carbocycles. The van der Waals surface area contributed by atoms with Gasteiger partial charge in [-0.2, -0.15) is 15.0 Å². The van der Waals surface area contributed by atoms with Gasteiger partial charge in [0, 0.05) is 37.4 Å². The highest BCUT2D eigenvalue weighted by atomic mass is 16.6. The second-order valence-electron chi connectivity index (χ2n) is 7.86. The van der Waals surface area contributed by atoms with Crippen molar-refractivity contribution >= 4 is 23.7 Å². The third-order valence-electron chi connectivity index (χ3n) is 5.54. The maximum absolute atomic E-state index is 12.2. The molecule has 2 aliphatic rings. The molecule has 0 saturated carbocycles. The molecular weight excluding hydrogens is 436 g/mol. The highest BCUT2D eigenvalue weighted by Crippen LogP contribution is 2.24. The van der Waals surface area contributed by atoms with Crippen LogP contribution in [0.1, 0.15) is 0 Å². The van der Waals surface area contributed by atoms with E-state index in [0.29, 0.717) is 55.6 Å². The van der Waals surface area contributed by atoms with Gasteiger partial charge in [-0.05, 0) is 36.4 Å². The Morgan fingerprint density at radius 2 is 1.32 bits per heavy atom. The van der Waals surface area contributed by atoms with Crippen molar-refractivity contribution in [2.45, 2.75) is 0 Å². The van der Waals surface area contributed by atoms with Crippen LogP contribution in [0.4, 0.5) is 22.4 Å². The van der Waals surface area contributed by atoms with Crippen LogP contribution >= 0.6 is 0 Å². The lowest BCUT2D eigenvalue weighted by molar-refractivity contribution is 0.121. The van der Waals surface area contributed by atoms with Crippen LogP contribution in [0.15, 0.2) is 54.6 Å². The number of benzene rings is 2. The predicted molar refractivity (Wildman–Crippen MR) is 127 cm³/mol. The molecule has 10 heteroatoms. The zero-order valence-corrected chi connectivity index (χ0v) is 18.7. The predicted octanol–water partition coefficient (Wildman–Crippen LogP) is 2.82. The molecule has 2 fully saturated rings. The monoisotopic (exact) mass is 462 g/mol. The summed E-state index contributed by atoms with van der Waals surface area (Å²) >= 11 is 0. The van der Waals surface area contributed by atoms with Crippen LogP contribution in [0.2, 0.25) is 0 Å². The number of amides is 1. The summed E-state index contributed by atoms with van der Waals surface area (Å²) < 4.78 is 16.2. The fraction of sp³-hybridized carbons (Fsp3) is 0.333. The summed E-state index contributed by atoms with van der Waals surface area (Å²) in [6.45, 7) is 5.52. The minimum absolute atomic E-state index is 0.480. The Bertz CT molecular complexity index is 1060. The molecule has 176 valence electrons. The highest BCUT2D eigenvalue weighted by molar-refractivity contribution is 5.86. The van der Waals surface area contributed by atoms with Gasteiger partial charge >= 0.3 is 6.09 Å². The molecule has 0 radical (unpaired) electrons. The van der Waals surface area contributed by atoms with E-state index in [0.717, 1.165) is 31.7 Å². The Balaban J connectivity index is 1.35. The number of rotatable bonds is 5. The Morgan fingerprint density at radius 1 is 0.765 bits per heavy atom. The average Bonchev–Trinajstić information content (AvgIpc) is 2.90. The van der Waals surface area contributed by atoms with E-state index in [9.17, 15) is 4.79 Å². The standard InChI is InChI=1S/C24H26N6O4/c31-24(34-20-4-2-1-3-5-20)25-19-8-6-18(7-9-19)21-26-22(29-10-14-32-15-11-29)28-23(27-21)30-12-16-33-17-13-30/h1-9H,10-17H2,(H,25,31). The zero-order valence-electron chi connectivity index (χ0n) is 18.7. The second kappa shape index (κ2) is 10.4. The number of carbonyl (C=O) groups is 1. The lowest BCUT2D eigenvalue weighted by Gasteiger charge is -2.30. The van der Waals surface area contributed by atoms with Crippen molar-refractivity contribution in [3.63, 3.8) is 0 Å². The lowest BCUT2D eigenvalue weighted by atomic mass is 10.2. The van der Waals surface area contributed by atoms with Crippen LogP contribution in [0, 0.1) is 0 Å². The van der Waals surface area contributed by atoms with Crippen LogP contribution in [0.25, 0.3) is 11.4 Å². The van der Waals surface area contributed by atoms with E-state index in [1.807, 2.05) is 30.3 Å². The third-order valence-corrected chi connectivity index (χ3v) is 5.54. The van der Waals surface area contributed by atoms with Crippen molar-refractivity contribution in [3.05, 3.63) is 54.6 Å². The smallest absolute Gasteiger partial charge is 0.410 e. The average molecular weight is 463 g/mol. The highest BCUT2D eigenvalue weighted by Gasteiger charge is 2.21. The first-order valence-corrected chi connectivity index (χ1v) is 11.3. The number of anilines is 3. The molecule has 1 aromatic heterocycles. The van der Waals surface area contributed by atoms with Gasteiger partial charge in [-0.15, -0.1) is 0 Å². The summed E-state index contributed by atoms with van der Waals surface area (Å²) in [6.07, 6.45) is -0.552. The fourth-order valence-corrected chi connectivity index (χ4v) is 3.73. The molecule has 2 aliphatic heterocycles. The zero-order chi connectivity index (χ0) is 23.2. The lowest BCUT2D eigenvalue weighted by Crippen LogP contribution is -2.40.